The van der Waals surface area contributed by atoms with Crippen molar-refractivity contribution < 1.29 is 9.90 Å². The minimum atomic E-state index is 0.136. The molecule has 0 aromatic heterocycles. The molecule has 1 unspecified atom stereocenters. The number of carbonyl (C=O) groups excluding carboxylic acids is 1. The summed E-state index contributed by atoms with van der Waals surface area (Å²) < 4.78 is 0. The zero-order valence-corrected chi connectivity index (χ0v) is 7.28. The minimum absolute atomic E-state index is 0.136. The summed E-state index contributed by atoms with van der Waals surface area (Å²) in [5.74, 6) is 1.93. The number of aliphatic hydroxyl groups excluding tert-OH is 1. The van der Waals surface area contributed by atoms with Gasteiger partial charge in [-0.1, -0.05) is 6.92 Å². The van der Waals surface area contributed by atoms with Crippen LogP contribution in [0, 0.1) is 5.92 Å². The summed E-state index contributed by atoms with van der Waals surface area (Å²) in [5, 5.41) is 8.41. The van der Waals surface area contributed by atoms with Gasteiger partial charge in [0.05, 0.1) is 6.61 Å². The number of thioether (sulfide) groups is 1. The van der Waals surface area contributed by atoms with Crippen LogP contribution in [-0.4, -0.2) is 29.0 Å². The predicted molar refractivity (Wildman–Crippen MR) is 44.3 cm³/mol. The lowest BCUT2D eigenvalue weighted by Gasteiger charge is -2.04. The van der Waals surface area contributed by atoms with Gasteiger partial charge in [0.15, 0.2) is 0 Å². The lowest BCUT2D eigenvalue weighted by atomic mass is 10.1. The molecule has 1 N–H and O–H groups in total. The fourth-order valence-corrected chi connectivity index (χ4v) is 1.33. The van der Waals surface area contributed by atoms with Gasteiger partial charge in [-0.25, -0.2) is 0 Å². The molecule has 0 saturated carbocycles. The lowest BCUT2D eigenvalue weighted by Crippen LogP contribution is -2.09. The number of hydrogen-bond acceptors (Lipinski definition) is 3. The van der Waals surface area contributed by atoms with E-state index in [1.54, 1.807) is 18.7 Å². The molecule has 0 heterocycles. The summed E-state index contributed by atoms with van der Waals surface area (Å²) in [5.41, 5.74) is 0. The molecule has 0 aromatic rings. The van der Waals surface area contributed by atoms with Crippen molar-refractivity contribution in [1.82, 2.24) is 0 Å². The molecule has 0 radical (unpaired) electrons. The Morgan fingerprint density at radius 1 is 1.70 bits per heavy atom. The number of rotatable bonds is 5. The molecule has 0 saturated heterocycles. The maximum absolute atomic E-state index is 10.7. The van der Waals surface area contributed by atoms with E-state index in [1.165, 1.54) is 0 Å². The number of Topliss-reactive ketones (excluding diaryl/α,β-unsaturated/α-hetero) is 1. The van der Waals surface area contributed by atoms with E-state index >= 15 is 0 Å². The first-order valence-corrected chi connectivity index (χ1v) is 4.53. The molecule has 60 valence electrons. The van der Waals surface area contributed by atoms with Crippen LogP contribution in [0.1, 0.15) is 13.8 Å². The van der Waals surface area contributed by atoms with Crippen LogP contribution in [0.4, 0.5) is 0 Å². The van der Waals surface area contributed by atoms with Gasteiger partial charge in [0.1, 0.15) is 5.78 Å². The molecule has 0 aliphatic rings. The average Bonchev–Trinajstić information content (AvgIpc) is 1.88. The van der Waals surface area contributed by atoms with E-state index < -0.39 is 0 Å². The highest BCUT2D eigenvalue weighted by Gasteiger charge is 2.05. The molecule has 10 heavy (non-hydrogen) atoms. The van der Waals surface area contributed by atoms with Crippen molar-refractivity contribution in [3.05, 3.63) is 0 Å². The van der Waals surface area contributed by atoms with E-state index in [9.17, 15) is 4.79 Å². The molecule has 2 nitrogen and oxygen atoms in total. The fraction of sp³-hybridized carbons (Fsp3) is 0.857. The van der Waals surface area contributed by atoms with E-state index in [0.29, 0.717) is 0 Å². The molecule has 0 rings (SSSR count). The fourth-order valence-electron chi connectivity index (χ4n) is 0.442. The maximum Gasteiger partial charge on any atom is 0.133 e. The Balaban J connectivity index is 3.21. The molecular weight excluding hydrogens is 148 g/mol. The number of aliphatic hydroxyl groups is 1. The smallest absolute Gasteiger partial charge is 0.133 e. The average molecular weight is 162 g/mol. The van der Waals surface area contributed by atoms with E-state index in [1.807, 2.05) is 6.92 Å². The zero-order chi connectivity index (χ0) is 7.98. The minimum Gasteiger partial charge on any atom is -0.396 e. The predicted octanol–water partition coefficient (Wildman–Crippen LogP) is 0.937. The summed E-state index contributed by atoms with van der Waals surface area (Å²) in [7, 11) is 0. The largest absolute Gasteiger partial charge is 0.396 e. The normalized spacial score (nSPS) is 13.1. The summed E-state index contributed by atoms with van der Waals surface area (Å²) in [4.78, 5) is 10.7. The molecule has 0 aromatic carbocycles. The van der Waals surface area contributed by atoms with Crippen LogP contribution in [0.3, 0.4) is 0 Å². The van der Waals surface area contributed by atoms with Crippen LogP contribution in [0.25, 0.3) is 0 Å². The molecule has 3 heteroatoms. The highest BCUT2D eigenvalue weighted by atomic mass is 32.2. The molecule has 0 aliphatic carbocycles. The third kappa shape index (κ3) is 4.82. The second kappa shape index (κ2) is 5.74. The lowest BCUT2D eigenvalue weighted by molar-refractivity contribution is -0.119. The second-order valence-electron chi connectivity index (χ2n) is 2.31. The van der Waals surface area contributed by atoms with E-state index in [2.05, 4.69) is 0 Å². The van der Waals surface area contributed by atoms with Crippen molar-refractivity contribution >= 4 is 17.5 Å². The highest BCUT2D eigenvalue weighted by Crippen LogP contribution is 2.07. The van der Waals surface area contributed by atoms with Crippen molar-refractivity contribution in [3.8, 4) is 0 Å². The van der Waals surface area contributed by atoms with E-state index in [0.717, 1.165) is 11.5 Å². The topological polar surface area (TPSA) is 37.3 Å². The summed E-state index contributed by atoms with van der Waals surface area (Å²) >= 11 is 1.62. The Labute approximate surface area is 66.0 Å². The second-order valence-corrected chi connectivity index (χ2v) is 3.46. The molecule has 0 spiro atoms. The maximum atomic E-state index is 10.7. The summed E-state index contributed by atoms with van der Waals surface area (Å²) in [6, 6.07) is 0. The van der Waals surface area contributed by atoms with Gasteiger partial charge >= 0.3 is 0 Å². The standard InChI is InChI=1S/C7H14O2S/c1-6(7(2)9)5-10-4-3-8/h6,8H,3-5H2,1-2H3. The van der Waals surface area contributed by atoms with Crippen LogP contribution in [0.2, 0.25) is 0 Å². The van der Waals surface area contributed by atoms with Crippen LogP contribution >= 0.6 is 11.8 Å². The van der Waals surface area contributed by atoms with Crippen molar-refractivity contribution in [2.75, 3.05) is 18.1 Å². The van der Waals surface area contributed by atoms with Crippen molar-refractivity contribution in [3.63, 3.8) is 0 Å². The first-order chi connectivity index (χ1) is 4.68. The van der Waals surface area contributed by atoms with Gasteiger partial charge in [0.25, 0.3) is 0 Å². The van der Waals surface area contributed by atoms with Gasteiger partial charge in [-0.3, -0.25) is 4.79 Å². The number of ketones is 1. The summed E-state index contributed by atoms with van der Waals surface area (Å²) in [6.45, 7) is 3.71. The highest BCUT2D eigenvalue weighted by molar-refractivity contribution is 7.99. The third-order valence-corrected chi connectivity index (χ3v) is 2.50. The van der Waals surface area contributed by atoms with Gasteiger partial charge in [-0.05, 0) is 6.92 Å². The van der Waals surface area contributed by atoms with Crippen molar-refractivity contribution in [2.45, 2.75) is 13.8 Å². The van der Waals surface area contributed by atoms with Gasteiger partial charge in [0, 0.05) is 17.4 Å². The van der Waals surface area contributed by atoms with Crippen molar-refractivity contribution in [1.29, 1.82) is 0 Å². The van der Waals surface area contributed by atoms with Gasteiger partial charge < -0.3 is 5.11 Å². The Morgan fingerprint density at radius 2 is 2.30 bits per heavy atom. The number of carbonyl (C=O) groups is 1. The Morgan fingerprint density at radius 3 is 2.70 bits per heavy atom. The van der Waals surface area contributed by atoms with Crippen LogP contribution in [0.5, 0.6) is 0 Å². The zero-order valence-electron chi connectivity index (χ0n) is 6.46. The van der Waals surface area contributed by atoms with Crippen LogP contribution < -0.4 is 0 Å². The van der Waals surface area contributed by atoms with Crippen LogP contribution in [-0.2, 0) is 4.79 Å². The molecular formula is C7H14O2S. The Hall–Kier alpha value is -0.0200. The quantitative estimate of drug-likeness (QED) is 0.611. The van der Waals surface area contributed by atoms with Gasteiger partial charge in [0.2, 0.25) is 0 Å². The van der Waals surface area contributed by atoms with Crippen molar-refractivity contribution in [2.24, 2.45) is 5.92 Å². The first-order valence-electron chi connectivity index (χ1n) is 3.37. The summed E-state index contributed by atoms with van der Waals surface area (Å²) in [6.07, 6.45) is 0. The molecule has 0 aliphatic heterocycles. The Kier molecular flexibility index (Phi) is 5.73. The molecule has 0 fully saturated rings. The SMILES string of the molecule is CC(=O)C(C)CSCCO. The third-order valence-electron chi connectivity index (χ3n) is 1.30. The van der Waals surface area contributed by atoms with Crippen LogP contribution in [0.15, 0.2) is 0 Å². The molecule has 0 bridgehead atoms. The van der Waals surface area contributed by atoms with Gasteiger partial charge in [-0.2, -0.15) is 11.8 Å². The Bertz CT molecular complexity index is 104. The molecule has 0 amide bonds. The molecule has 1 atom stereocenters. The number of hydrogen-bond donors (Lipinski definition) is 1. The van der Waals surface area contributed by atoms with E-state index in [4.69, 9.17) is 5.11 Å². The monoisotopic (exact) mass is 162 g/mol. The van der Waals surface area contributed by atoms with Gasteiger partial charge in [-0.15, -0.1) is 0 Å². The first kappa shape index (κ1) is 9.98. The van der Waals surface area contributed by atoms with E-state index in [-0.39, 0.29) is 18.3 Å².